The van der Waals surface area contributed by atoms with Crippen molar-refractivity contribution in [3.63, 3.8) is 0 Å². The van der Waals surface area contributed by atoms with Crippen LogP contribution in [0.15, 0.2) is 36.4 Å². The van der Waals surface area contributed by atoms with Crippen LogP contribution >= 0.6 is 0 Å². The lowest BCUT2D eigenvalue weighted by molar-refractivity contribution is -0.277. The Morgan fingerprint density at radius 1 is 1.06 bits per heavy atom. The summed E-state index contributed by atoms with van der Waals surface area (Å²) in [6.45, 7) is 2.48. The van der Waals surface area contributed by atoms with Crippen molar-refractivity contribution in [2.24, 2.45) is 0 Å². The number of amides is 1. The molecule has 178 valence electrons. The highest BCUT2D eigenvalue weighted by Gasteiger charge is 2.44. The maximum absolute atomic E-state index is 14.4. The van der Waals surface area contributed by atoms with E-state index in [4.69, 9.17) is 9.47 Å². The van der Waals surface area contributed by atoms with E-state index in [2.05, 4.69) is 0 Å². The summed E-state index contributed by atoms with van der Waals surface area (Å²) in [6.07, 6.45) is -5.04. The van der Waals surface area contributed by atoms with E-state index < -0.39 is 43.1 Å². The molecule has 0 saturated carbocycles. The van der Waals surface area contributed by atoms with Crippen molar-refractivity contribution in [1.29, 1.82) is 0 Å². The van der Waals surface area contributed by atoms with Crippen molar-refractivity contribution >= 4 is 5.91 Å². The average Bonchev–Trinajstić information content (AvgIpc) is 3.35. The number of benzene rings is 2. The molecule has 0 radical (unpaired) electrons. The van der Waals surface area contributed by atoms with Crippen LogP contribution in [0.4, 0.5) is 4.39 Å². The number of carbonyl (C=O) groups is 1. The minimum Gasteiger partial charge on any atom is -0.462 e. The highest BCUT2D eigenvalue weighted by Crippen LogP contribution is 2.31. The van der Waals surface area contributed by atoms with Gasteiger partial charge >= 0.3 is 0 Å². The van der Waals surface area contributed by atoms with Crippen LogP contribution in [0, 0.1) is 12.7 Å². The SMILES string of the molecule is Cc1cc(-c2ccc(F)c(C(=O)N3CCCC3)c2)ccc1O[C@H]1O[C@H](CO)[C@@H](O)[C@H](O)[C@@H]1O. The highest BCUT2D eigenvalue weighted by molar-refractivity contribution is 5.96. The molecule has 2 heterocycles. The molecule has 9 heteroatoms. The molecule has 0 aromatic heterocycles. The minimum atomic E-state index is -1.54. The zero-order valence-corrected chi connectivity index (χ0v) is 18.2. The van der Waals surface area contributed by atoms with Crippen LogP contribution in [0.5, 0.6) is 5.75 Å². The molecular weight excluding hydrogens is 433 g/mol. The molecule has 0 spiro atoms. The molecule has 33 heavy (non-hydrogen) atoms. The third-order valence-corrected chi connectivity index (χ3v) is 6.19. The molecule has 0 unspecified atom stereocenters. The second-order valence-electron chi connectivity index (χ2n) is 8.49. The van der Waals surface area contributed by atoms with Gasteiger partial charge in [-0.2, -0.15) is 0 Å². The standard InChI is InChI=1S/C24H28FNO7/c1-13-10-14(15-4-6-17(25)16(11-15)23(31)26-8-2-3-9-26)5-7-18(13)32-24-22(30)21(29)20(28)19(12-27)33-24/h4-7,10-11,19-22,24,27-30H,2-3,8-9,12H2,1H3/t19-,20-,21+,22+,24+/m1/s1. The predicted molar refractivity (Wildman–Crippen MR) is 116 cm³/mol. The van der Waals surface area contributed by atoms with Crippen molar-refractivity contribution in [2.45, 2.75) is 50.5 Å². The number of carbonyl (C=O) groups excluding carboxylic acids is 1. The number of hydrogen-bond donors (Lipinski definition) is 4. The van der Waals surface area contributed by atoms with Crippen LogP contribution < -0.4 is 4.74 Å². The normalized spacial score (nSPS) is 27.6. The Hall–Kier alpha value is -2.56. The molecule has 2 aliphatic rings. The van der Waals surface area contributed by atoms with Crippen LogP contribution in [0.1, 0.15) is 28.8 Å². The van der Waals surface area contributed by atoms with Gasteiger partial charge in [-0.25, -0.2) is 4.39 Å². The molecular formula is C24H28FNO7. The van der Waals surface area contributed by atoms with E-state index in [1.54, 1.807) is 42.2 Å². The van der Waals surface area contributed by atoms with E-state index in [9.17, 15) is 29.6 Å². The van der Waals surface area contributed by atoms with Gasteiger partial charge < -0.3 is 34.8 Å². The van der Waals surface area contributed by atoms with E-state index in [-0.39, 0.29) is 11.5 Å². The molecule has 4 N–H and O–H groups in total. The molecule has 5 atom stereocenters. The molecule has 4 rings (SSSR count). The molecule has 2 aliphatic heterocycles. The van der Waals surface area contributed by atoms with E-state index in [0.717, 1.165) is 18.4 Å². The van der Waals surface area contributed by atoms with Crippen molar-refractivity contribution in [3.05, 3.63) is 53.3 Å². The Balaban J connectivity index is 1.54. The second kappa shape index (κ2) is 9.74. The number of aliphatic hydroxyl groups excluding tert-OH is 4. The molecule has 2 aromatic rings. The Bertz CT molecular complexity index is 1010. The Morgan fingerprint density at radius 3 is 2.39 bits per heavy atom. The van der Waals surface area contributed by atoms with E-state index >= 15 is 0 Å². The van der Waals surface area contributed by atoms with Crippen LogP contribution in [-0.2, 0) is 4.74 Å². The van der Waals surface area contributed by atoms with E-state index in [0.29, 0.717) is 30.0 Å². The van der Waals surface area contributed by atoms with Gasteiger partial charge in [0.25, 0.3) is 5.91 Å². The topological polar surface area (TPSA) is 120 Å². The largest absolute Gasteiger partial charge is 0.462 e. The number of aliphatic hydroxyl groups is 4. The fraction of sp³-hybridized carbons (Fsp3) is 0.458. The first-order chi connectivity index (χ1) is 15.8. The lowest BCUT2D eigenvalue weighted by Crippen LogP contribution is -2.60. The third-order valence-electron chi connectivity index (χ3n) is 6.19. The van der Waals surface area contributed by atoms with Crippen LogP contribution in [0.25, 0.3) is 11.1 Å². The monoisotopic (exact) mass is 461 g/mol. The fourth-order valence-corrected chi connectivity index (χ4v) is 4.21. The first-order valence-electron chi connectivity index (χ1n) is 11.0. The van der Waals surface area contributed by atoms with Gasteiger partial charge in [-0.05, 0) is 60.7 Å². The third kappa shape index (κ3) is 4.73. The lowest BCUT2D eigenvalue weighted by Gasteiger charge is -2.39. The van der Waals surface area contributed by atoms with Gasteiger partial charge in [-0.15, -0.1) is 0 Å². The molecule has 0 aliphatic carbocycles. The fourth-order valence-electron chi connectivity index (χ4n) is 4.21. The maximum atomic E-state index is 14.4. The second-order valence-corrected chi connectivity index (χ2v) is 8.49. The Labute approximate surface area is 190 Å². The number of likely N-dealkylation sites (tertiary alicyclic amines) is 1. The quantitative estimate of drug-likeness (QED) is 0.529. The van der Waals surface area contributed by atoms with Crippen molar-refractivity contribution in [1.82, 2.24) is 4.90 Å². The van der Waals surface area contributed by atoms with Crippen LogP contribution in [-0.4, -0.2) is 81.6 Å². The molecule has 2 fully saturated rings. The molecule has 0 bridgehead atoms. The van der Waals surface area contributed by atoms with Gasteiger partial charge in [0, 0.05) is 13.1 Å². The summed E-state index contributed by atoms with van der Waals surface area (Å²) in [6, 6.07) is 9.58. The minimum absolute atomic E-state index is 0.0358. The van der Waals surface area contributed by atoms with Crippen molar-refractivity contribution in [2.75, 3.05) is 19.7 Å². The Kier molecular flexibility index (Phi) is 6.96. The smallest absolute Gasteiger partial charge is 0.256 e. The molecule has 1 amide bonds. The number of nitrogens with zero attached hydrogens (tertiary/aromatic N) is 1. The Morgan fingerprint density at radius 2 is 1.73 bits per heavy atom. The van der Waals surface area contributed by atoms with Crippen LogP contribution in [0.2, 0.25) is 0 Å². The van der Waals surface area contributed by atoms with Gasteiger partial charge in [0.1, 0.15) is 36.0 Å². The zero-order chi connectivity index (χ0) is 23.7. The number of ether oxygens (including phenoxy) is 2. The summed E-state index contributed by atoms with van der Waals surface area (Å²) in [5.41, 5.74) is 2.11. The van der Waals surface area contributed by atoms with Gasteiger partial charge in [-0.3, -0.25) is 4.79 Å². The molecule has 2 aromatic carbocycles. The van der Waals surface area contributed by atoms with Crippen LogP contribution in [0.3, 0.4) is 0 Å². The summed E-state index contributed by atoms with van der Waals surface area (Å²) in [7, 11) is 0. The number of hydrogen-bond acceptors (Lipinski definition) is 7. The summed E-state index contributed by atoms with van der Waals surface area (Å²) in [5.74, 6) is -0.514. The molecule has 2 saturated heterocycles. The predicted octanol–water partition coefficient (Wildman–Crippen LogP) is 1.22. The maximum Gasteiger partial charge on any atom is 0.256 e. The van der Waals surface area contributed by atoms with Gasteiger partial charge in [-0.1, -0.05) is 12.1 Å². The van der Waals surface area contributed by atoms with E-state index in [1.165, 1.54) is 6.07 Å². The average molecular weight is 461 g/mol. The summed E-state index contributed by atoms with van der Waals surface area (Å²) in [4.78, 5) is 14.4. The van der Waals surface area contributed by atoms with Gasteiger partial charge in [0.2, 0.25) is 6.29 Å². The number of aryl methyl sites for hydroxylation is 1. The van der Waals surface area contributed by atoms with Gasteiger partial charge in [0.15, 0.2) is 0 Å². The first-order valence-corrected chi connectivity index (χ1v) is 11.0. The van der Waals surface area contributed by atoms with Gasteiger partial charge in [0.05, 0.1) is 12.2 Å². The summed E-state index contributed by atoms with van der Waals surface area (Å²) < 4.78 is 25.5. The first kappa shape index (κ1) is 23.6. The van der Waals surface area contributed by atoms with E-state index in [1.807, 2.05) is 0 Å². The highest BCUT2D eigenvalue weighted by atomic mass is 19.1. The number of rotatable bonds is 5. The van der Waals surface area contributed by atoms with Crippen molar-refractivity contribution in [3.8, 4) is 16.9 Å². The summed E-state index contributed by atoms with van der Waals surface area (Å²) in [5, 5.41) is 39.4. The summed E-state index contributed by atoms with van der Waals surface area (Å²) >= 11 is 0. The molecule has 8 nitrogen and oxygen atoms in total. The zero-order valence-electron chi connectivity index (χ0n) is 18.2. The van der Waals surface area contributed by atoms with Crippen molar-refractivity contribution < 1.29 is 39.1 Å². The lowest BCUT2D eigenvalue weighted by atomic mass is 9.99. The number of halogens is 1.